The lowest BCUT2D eigenvalue weighted by Crippen LogP contribution is -2.39. The number of thiazole rings is 1. The summed E-state index contributed by atoms with van der Waals surface area (Å²) in [5.41, 5.74) is 3.86. The van der Waals surface area contributed by atoms with Crippen molar-refractivity contribution in [2.24, 2.45) is 10.9 Å². The largest absolute Gasteiger partial charge is 0.357 e. The van der Waals surface area contributed by atoms with Gasteiger partial charge >= 0.3 is 0 Å². The van der Waals surface area contributed by atoms with Crippen LogP contribution in [0.4, 0.5) is 0 Å². The van der Waals surface area contributed by atoms with Crippen molar-refractivity contribution in [2.75, 3.05) is 33.2 Å². The zero-order valence-corrected chi connectivity index (χ0v) is 21.9. The van der Waals surface area contributed by atoms with Crippen LogP contribution < -0.4 is 5.32 Å². The summed E-state index contributed by atoms with van der Waals surface area (Å²) in [5, 5.41) is 6.69. The van der Waals surface area contributed by atoms with Gasteiger partial charge in [-0.25, -0.2) is 4.98 Å². The second-order valence-electron chi connectivity index (χ2n) is 8.11. The SMILES string of the molecule is CCNC(=NCC1CCN(Cc2ccc(C)cc2)CC1)N(C)Cc1csc(C)n1.I. The van der Waals surface area contributed by atoms with Crippen LogP contribution in [0.25, 0.3) is 0 Å². The zero-order chi connectivity index (χ0) is 20.6. The summed E-state index contributed by atoms with van der Waals surface area (Å²) in [6.45, 7) is 12.3. The number of hydrogen-bond donors (Lipinski definition) is 1. The Morgan fingerprint density at radius 1 is 1.23 bits per heavy atom. The van der Waals surface area contributed by atoms with Crippen molar-refractivity contribution in [3.63, 3.8) is 0 Å². The maximum atomic E-state index is 4.95. The van der Waals surface area contributed by atoms with Crippen molar-refractivity contribution in [2.45, 2.75) is 46.7 Å². The first-order valence-electron chi connectivity index (χ1n) is 10.7. The lowest BCUT2D eigenvalue weighted by Gasteiger charge is -2.31. The topological polar surface area (TPSA) is 43.8 Å². The standard InChI is InChI=1S/C23H35N5S.HI/c1-5-24-23(27(4)16-22-17-29-19(3)26-22)25-14-20-10-12-28(13-11-20)15-21-8-6-18(2)7-9-21;/h6-9,17,20H,5,10-16H2,1-4H3,(H,24,25);1H. The Morgan fingerprint density at radius 3 is 2.53 bits per heavy atom. The van der Waals surface area contributed by atoms with Crippen molar-refractivity contribution in [3.05, 3.63) is 51.5 Å². The molecule has 0 amide bonds. The number of likely N-dealkylation sites (tertiary alicyclic amines) is 1. The van der Waals surface area contributed by atoms with E-state index in [-0.39, 0.29) is 24.0 Å². The lowest BCUT2D eigenvalue weighted by molar-refractivity contribution is 0.180. The third-order valence-corrected chi connectivity index (χ3v) is 6.32. The average molecular weight is 542 g/mol. The number of nitrogens with one attached hydrogen (secondary N) is 1. The quantitative estimate of drug-likeness (QED) is 0.314. The van der Waals surface area contributed by atoms with Gasteiger partial charge in [-0.15, -0.1) is 35.3 Å². The highest BCUT2D eigenvalue weighted by atomic mass is 127. The molecule has 7 heteroatoms. The molecule has 1 fully saturated rings. The van der Waals surface area contributed by atoms with Gasteiger partial charge in [0, 0.05) is 32.1 Å². The molecule has 0 atom stereocenters. The highest BCUT2D eigenvalue weighted by Gasteiger charge is 2.19. The molecule has 0 saturated carbocycles. The van der Waals surface area contributed by atoms with Gasteiger partial charge in [-0.1, -0.05) is 29.8 Å². The fraction of sp³-hybridized carbons (Fsp3) is 0.565. The maximum absolute atomic E-state index is 4.95. The van der Waals surface area contributed by atoms with Crippen LogP contribution >= 0.6 is 35.3 Å². The Bertz CT molecular complexity index is 781. The molecule has 1 aromatic carbocycles. The molecule has 5 nitrogen and oxygen atoms in total. The Labute approximate surface area is 203 Å². The fourth-order valence-electron chi connectivity index (χ4n) is 3.76. The fourth-order valence-corrected chi connectivity index (χ4v) is 4.37. The van der Waals surface area contributed by atoms with Crippen molar-refractivity contribution in [1.29, 1.82) is 0 Å². The number of aryl methyl sites for hydroxylation is 2. The van der Waals surface area contributed by atoms with Gasteiger partial charge in [0.05, 0.1) is 17.2 Å². The number of guanidine groups is 1. The first-order valence-corrected chi connectivity index (χ1v) is 11.6. The van der Waals surface area contributed by atoms with Crippen molar-refractivity contribution in [1.82, 2.24) is 20.1 Å². The molecule has 0 spiro atoms. The summed E-state index contributed by atoms with van der Waals surface area (Å²) in [7, 11) is 2.10. The van der Waals surface area contributed by atoms with Crippen LogP contribution in [-0.2, 0) is 13.1 Å². The molecular formula is C23H36IN5S. The van der Waals surface area contributed by atoms with Gasteiger partial charge in [-0.2, -0.15) is 0 Å². The number of benzene rings is 1. The van der Waals surface area contributed by atoms with Crippen molar-refractivity contribution >= 4 is 41.3 Å². The predicted molar refractivity (Wildman–Crippen MR) is 139 cm³/mol. The van der Waals surface area contributed by atoms with E-state index in [1.165, 1.54) is 37.1 Å². The summed E-state index contributed by atoms with van der Waals surface area (Å²) in [6, 6.07) is 8.94. The normalized spacial score (nSPS) is 15.7. The van der Waals surface area contributed by atoms with E-state index in [0.29, 0.717) is 5.92 Å². The van der Waals surface area contributed by atoms with E-state index >= 15 is 0 Å². The summed E-state index contributed by atoms with van der Waals surface area (Å²) in [6.07, 6.45) is 2.45. The molecule has 0 bridgehead atoms. The summed E-state index contributed by atoms with van der Waals surface area (Å²) in [4.78, 5) is 14.3. The second-order valence-corrected chi connectivity index (χ2v) is 9.18. The van der Waals surface area contributed by atoms with Crippen LogP contribution in [0.5, 0.6) is 0 Å². The van der Waals surface area contributed by atoms with E-state index in [0.717, 1.165) is 42.8 Å². The Balaban J connectivity index is 0.00000320. The highest BCUT2D eigenvalue weighted by molar-refractivity contribution is 14.0. The molecule has 0 aliphatic carbocycles. The Kier molecular flexibility index (Phi) is 10.5. The van der Waals surface area contributed by atoms with Crippen molar-refractivity contribution in [3.8, 4) is 0 Å². The Hall–Kier alpha value is -1.19. The summed E-state index contributed by atoms with van der Waals surface area (Å²) in [5.74, 6) is 1.66. The van der Waals surface area contributed by atoms with Gasteiger partial charge in [0.2, 0.25) is 0 Å². The van der Waals surface area contributed by atoms with E-state index in [1.54, 1.807) is 11.3 Å². The molecule has 1 saturated heterocycles. The highest BCUT2D eigenvalue weighted by Crippen LogP contribution is 2.20. The number of hydrogen-bond acceptors (Lipinski definition) is 4. The van der Waals surface area contributed by atoms with Gasteiger partial charge in [0.15, 0.2) is 5.96 Å². The molecule has 2 heterocycles. The third-order valence-electron chi connectivity index (χ3n) is 5.50. The van der Waals surface area contributed by atoms with Crippen LogP contribution in [0, 0.1) is 19.8 Å². The molecule has 2 aromatic rings. The molecule has 0 radical (unpaired) electrons. The number of rotatable bonds is 7. The van der Waals surface area contributed by atoms with Crippen molar-refractivity contribution < 1.29 is 0 Å². The van der Waals surface area contributed by atoms with Gasteiger partial charge in [-0.3, -0.25) is 9.89 Å². The average Bonchev–Trinajstić information content (AvgIpc) is 3.12. The number of halogens is 1. The van der Waals surface area contributed by atoms with Gasteiger partial charge in [-0.05, 0) is 58.2 Å². The first kappa shape index (κ1) is 25.1. The molecule has 30 heavy (non-hydrogen) atoms. The Morgan fingerprint density at radius 2 is 1.93 bits per heavy atom. The molecule has 1 aliphatic rings. The monoisotopic (exact) mass is 541 g/mol. The summed E-state index contributed by atoms with van der Waals surface area (Å²) < 4.78 is 0. The molecular weight excluding hydrogens is 505 g/mol. The van der Waals surface area contributed by atoms with E-state index in [4.69, 9.17) is 4.99 Å². The minimum Gasteiger partial charge on any atom is -0.357 e. The minimum atomic E-state index is 0. The van der Waals surface area contributed by atoms with Crippen LogP contribution in [0.3, 0.4) is 0 Å². The zero-order valence-electron chi connectivity index (χ0n) is 18.7. The maximum Gasteiger partial charge on any atom is 0.194 e. The molecule has 1 N–H and O–H groups in total. The van der Waals surface area contributed by atoms with Crippen LogP contribution in [0.2, 0.25) is 0 Å². The van der Waals surface area contributed by atoms with E-state index in [2.05, 4.69) is 77.6 Å². The molecule has 1 aromatic heterocycles. The van der Waals surface area contributed by atoms with Gasteiger partial charge < -0.3 is 10.2 Å². The molecule has 1 aliphatic heterocycles. The van der Waals surface area contributed by atoms with Gasteiger partial charge in [0.1, 0.15) is 0 Å². The minimum absolute atomic E-state index is 0. The molecule has 166 valence electrons. The second kappa shape index (κ2) is 12.6. The third kappa shape index (κ3) is 7.81. The van der Waals surface area contributed by atoms with Crippen LogP contribution in [0.15, 0.2) is 34.6 Å². The number of piperidine rings is 1. The van der Waals surface area contributed by atoms with E-state index < -0.39 is 0 Å². The van der Waals surface area contributed by atoms with Gasteiger partial charge in [0.25, 0.3) is 0 Å². The van der Waals surface area contributed by atoms with Crippen LogP contribution in [0.1, 0.15) is 41.6 Å². The smallest absolute Gasteiger partial charge is 0.194 e. The van der Waals surface area contributed by atoms with E-state index in [1.807, 2.05) is 0 Å². The molecule has 0 unspecified atom stereocenters. The summed E-state index contributed by atoms with van der Waals surface area (Å²) >= 11 is 1.71. The first-order chi connectivity index (χ1) is 14.0. The lowest BCUT2D eigenvalue weighted by atomic mass is 9.96. The number of nitrogens with zero attached hydrogens (tertiary/aromatic N) is 4. The predicted octanol–water partition coefficient (Wildman–Crippen LogP) is 4.69. The number of aliphatic imine (C=N–C) groups is 1. The molecule has 3 rings (SSSR count). The van der Waals surface area contributed by atoms with Crippen LogP contribution in [-0.4, -0.2) is 54.0 Å². The number of aromatic nitrogens is 1. The van der Waals surface area contributed by atoms with E-state index in [9.17, 15) is 0 Å².